The number of anilines is 1. The molecule has 84 valence electrons. The number of nitrogens with one attached hydrogen (secondary N) is 2. The molecule has 2 rings (SSSR count). The van der Waals surface area contributed by atoms with Gasteiger partial charge in [0, 0.05) is 12.2 Å². The highest BCUT2D eigenvalue weighted by atomic mass is 32.1. The van der Waals surface area contributed by atoms with Crippen molar-refractivity contribution in [2.45, 2.75) is 13.0 Å². The average molecular weight is 236 g/mol. The van der Waals surface area contributed by atoms with Crippen LogP contribution in [0.1, 0.15) is 11.1 Å². The number of hydrogen-bond acceptors (Lipinski definition) is 3. The van der Waals surface area contributed by atoms with E-state index in [4.69, 9.17) is 0 Å². The van der Waals surface area contributed by atoms with Crippen LogP contribution in [-0.4, -0.2) is 17.6 Å². The third-order valence-electron chi connectivity index (χ3n) is 2.43. The van der Waals surface area contributed by atoms with Gasteiger partial charge in [0.05, 0.1) is 12.2 Å². The van der Waals surface area contributed by atoms with Crippen LogP contribution in [-0.2, 0) is 22.6 Å². The van der Waals surface area contributed by atoms with E-state index >= 15 is 0 Å². The molecule has 2 N–H and O–H groups in total. The Morgan fingerprint density at radius 2 is 2.31 bits per heavy atom. The Balaban J connectivity index is 2.05. The summed E-state index contributed by atoms with van der Waals surface area (Å²) < 4.78 is 0. The molecule has 16 heavy (non-hydrogen) atoms. The van der Waals surface area contributed by atoms with E-state index in [-0.39, 0.29) is 17.6 Å². The van der Waals surface area contributed by atoms with Gasteiger partial charge >= 0.3 is 0 Å². The first kappa shape index (κ1) is 11.0. The topological polar surface area (TPSA) is 58.2 Å². The molecule has 1 heterocycles. The molecule has 1 aromatic carbocycles. The highest BCUT2D eigenvalue weighted by Crippen LogP contribution is 2.23. The van der Waals surface area contributed by atoms with Crippen LogP contribution in [0.4, 0.5) is 5.69 Å². The van der Waals surface area contributed by atoms with Crippen molar-refractivity contribution in [2.75, 3.05) is 11.1 Å². The molecular formula is C11H12N2O2S. The number of benzene rings is 1. The predicted octanol–water partition coefficient (Wildman–Crippen LogP) is 0.727. The van der Waals surface area contributed by atoms with Crippen molar-refractivity contribution in [3.63, 3.8) is 0 Å². The van der Waals surface area contributed by atoms with Crippen LogP contribution in [0.3, 0.4) is 0 Å². The summed E-state index contributed by atoms with van der Waals surface area (Å²) in [6.45, 7) is 0.473. The van der Waals surface area contributed by atoms with Gasteiger partial charge in [-0.3, -0.25) is 9.59 Å². The van der Waals surface area contributed by atoms with Crippen LogP contribution >= 0.6 is 12.6 Å². The van der Waals surface area contributed by atoms with Gasteiger partial charge < -0.3 is 10.6 Å². The second-order valence-corrected chi connectivity index (χ2v) is 3.97. The minimum Gasteiger partial charge on any atom is -0.351 e. The zero-order valence-electron chi connectivity index (χ0n) is 8.62. The average Bonchev–Trinajstić information content (AvgIpc) is 2.65. The second-order valence-electron chi connectivity index (χ2n) is 3.65. The van der Waals surface area contributed by atoms with Gasteiger partial charge in [-0.15, -0.1) is 0 Å². The Labute approximate surface area is 98.8 Å². The van der Waals surface area contributed by atoms with Gasteiger partial charge in [-0.05, 0) is 17.2 Å². The van der Waals surface area contributed by atoms with Gasteiger partial charge in [0.25, 0.3) is 0 Å². The Kier molecular flexibility index (Phi) is 3.14. The maximum absolute atomic E-state index is 11.1. The molecule has 0 atom stereocenters. The van der Waals surface area contributed by atoms with Gasteiger partial charge in [0.15, 0.2) is 0 Å². The lowest BCUT2D eigenvalue weighted by Crippen LogP contribution is -2.23. The molecule has 1 aliphatic rings. The number of amides is 2. The van der Waals surface area contributed by atoms with Crippen molar-refractivity contribution in [3.8, 4) is 0 Å². The predicted molar refractivity (Wildman–Crippen MR) is 64.5 cm³/mol. The van der Waals surface area contributed by atoms with Crippen molar-refractivity contribution < 1.29 is 9.59 Å². The maximum atomic E-state index is 11.1. The SMILES string of the molecule is O=C(CS)NCc1ccc2c(c1)CC(=O)N2. The molecule has 0 unspecified atom stereocenters. The number of carbonyl (C=O) groups excluding carboxylic acids is 2. The molecule has 0 aromatic heterocycles. The summed E-state index contributed by atoms with van der Waals surface area (Å²) in [7, 11) is 0. The van der Waals surface area contributed by atoms with Crippen LogP contribution < -0.4 is 10.6 Å². The van der Waals surface area contributed by atoms with Crippen LogP contribution in [0.5, 0.6) is 0 Å². The summed E-state index contributed by atoms with van der Waals surface area (Å²) in [4.78, 5) is 22.1. The lowest BCUT2D eigenvalue weighted by molar-refractivity contribution is -0.118. The van der Waals surface area contributed by atoms with Crippen molar-refractivity contribution in [1.29, 1.82) is 0 Å². The molecule has 5 heteroatoms. The summed E-state index contributed by atoms with van der Waals surface area (Å²) >= 11 is 3.87. The van der Waals surface area contributed by atoms with Gasteiger partial charge in [0.1, 0.15) is 0 Å². The molecule has 0 aliphatic carbocycles. The zero-order chi connectivity index (χ0) is 11.5. The van der Waals surface area contributed by atoms with Crippen molar-refractivity contribution in [3.05, 3.63) is 29.3 Å². The first-order valence-corrected chi connectivity index (χ1v) is 5.61. The number of hydrogen-bond donors (Lipinski definition) is 3. The van der Waals surface area contributed by atoms with Crippen LogP contribution in [0.25, 0.3) is 0 Å². The van der Waals surface area contributed by atoms with E-state index in [1.54, 1.807) is 0 Å². The second kappa shape index (κ2) is 4.57. The fourth-order valence-electron chi connectivity index (χ4n) is 1.65. The molecule has 0 saturated carbocycles. The molecule has 2 amide bonds. The van der Waals surface area contributed by atoms with Crippen molar-refractivity contribution in [1.82, 2.24) is 5.32 Å². The fraction of sp³-hybridized carbons (Fsp3) is 0.273. The minimum absolute atomic E-state index is 0.0199. The lowest BCUT2D eigenvalue weighted by atomic mass is 10.1. The van der Waals surface area contributed by atoms with E-state index in [1.807, 2.05) is 18.2 Å². The monoisotopic (exact) mass is 236 g/mol. The first-order chi connectivity index (χ1) is 7.69. The summed E-state index contributed by atoms with van der Waals surface area (Å²) in [5.41, 5.74) is 2.85. The molecule has 1 aliphatic heterocycles. The number of fused-ring (bicyclic) bond motifs is 1. The largest absolute Gasteiger partial charge is 0.351 e. The Bertz CT molecular complexity index is 446. The molecule has 0 radical (unpaired) electrons. The van der Waals surface area contributed by atoms with Gasteiger partial charge in [-0.1, -0.05) is 12.1 Å². The Morgan fingerprint density at radius 1 is 1.50 bits per heavy atom. The normalized spacial score (nSPS) is 13.2. The summed E-state index contributed by atoms with van der Waals surface area (Å²) in [6.07, 6.45) is 0.420. The van der Waals surface area contributed by atoms with Crippen LogP contribution in [0, 0.1) is 0 Å². The molecular weight excluding hydrogens is 224 g/mol. The third kappa shape index (κ3) is 2.36. The number of carbonyl (C=O) groups is 2. The van der Waals surface area contributed by atoms with Crippen molar-refractivity contribution in [2.24, 2.45) is 0 Å². The van der Waals surface area contributed by atoms with E-state index in [0.29, 0.717) is 13.0 Å². The molecule has 0 bridgehead atoms. The van der Waals surface area contributed by atoms with E-state index < -0.39 is 0 Å². The maximum Gasteiger partial charge on any atom is 0.229 e. The molecule has 4 nitrogen and oxygen atoms in total. The van der Waals surface area contributed by atoms with Gasteiger partial charge in [-0.25, -0.2) is 0 Å². The summed E-state index contributed by atoms with van der Waals surface area (Å²) in [5, 5.41) is 5.49. The Morgan fingerprint density at radius 3 is 3.06 bits per heavy atom. The van der Waals surface area contributed by atoms with E-state index in [2.05, 4.69) is 23.3 Å². The van der Waals surface area contributed by atoms with Crippen LogP contribution in [0.15, 0.2) is 18.2 Å². The number of thiol groups is 1. The van der Waals surface area contributed by atoms with E-state index in [9.17, 15) is 9.59 Å². The lowest BCUT2D eigenvalue weighted by Gasteiger charge is -2.05. The molecule has 1 aromatic rings. The quantitative estimate of drug-likeness (QED) is 0.678. The van der Waals surface area contributed by atoms with Crippen molar-refractivity contribution >= 4 is 30.1 Å². The smallest absolute Gasteiger partial charge is 0.229 e. The van der Waals surface area contributed by atoms with E-state index in [1.165, 1.54) is 0 Å². The van der Waals surface area contributed by atoms with Gasteiger partial charge in [0.2, 0.25) is 11.8 Å². The molecule has 0 saturated heterocycles. The number of rotatable bonds is 3. The van der Waals surface area contributed by atoms with Gasteiger partial charge in [-0.2, -0.15) is 12.6 Å². The Hall–Kier alpha value is -1.49. The molecule has 0 spiro atoms. The first-order valence-electron chi connectivity index (χ1n) is 4.98. The van der Waals surface area contributed by atoms with E-state index in [0.717, 1.165) is 16.8 Å². The summed E-state index contributed by atoms with van der Waals surface area (Å²) in [5.74, 6) is 0.106. The zero-order valence-corrected chi connectivity index (χ0v) is 9.51. The standard InChI is InChI=1S/C11H12N2O2S/c14-10-4-8-3-7(1-2-9(8)13-10)5-12-11(15)6-16/h1-3,16H,4-6H2,(H,12,15)(H,13,14). The highest BCUT2D eigenvalue weighted by molar-refractivity contribution is 7.81. The fourth-order valence-corrected chi connectivity index (χ4v) is 1.76. The van der Waals surface area contributed by atoms with Crippen LogP contribution in [0.2, 0.25) is 0 Å². The summed E-state index contributed by atoms with van der Waals surface area (Å²) in [6, 6.07) is 5.69. The third-order valence-corrected chi connectivity index (χ3v) is 2.72. The minimum atomic E-state index is -0.0990. The molecule has 0 fully saturated rings. The highest BCUT2D eigenvalue weighted by Gasteiger charge is 2.17.